The Morgan fingerprint density at radius 3 is 2.87 bits per heavy atom. The van der Waals surface area contributed by atoms with Crippen molar-refractivity contribution < 1.29 is 0 Å². The molecule has 0 bridgehead atoms. The summed E-state index contributed by atoms with van der Waals surface area (Å²) in [6.45, 7) is 6.08. The van der Waals surface area contributed by atoms with Crippen LogP contribution in [-0.4, -0.2) is 11.1 Å². The van der Waals surface area contributed by atoms with Crippen molar-refractivity contribution in [2.45, 2.75) is 20.4 Å². The van der Waals surface area contributed by atoms with Gasteiger partial charge in [-0.3, -0.25) is 0 Å². The summed E-state index contributed by atoms with van der Waals surface area (Å²) in [5, 5.41) is 1.35. The van der Waals surface area contributed by atoms with Crippen molar-refractivity contribution in [3.63, 3.8) is 0 Å². The predicted molar refractivity (Wildman–Crippen MR) is 64.9 cm³/mol. The highest BCUT2D eigenvalue weighted by Gasteiger charge is 2.05. The van der Waals surface area contributed by atoms with Crippen LogP contribution in [-0.2, 0) is 6.54 Å². The first-order valence-corrected chi connectivity index (χ1v) is 5.47. The quantitative estimate of drug-likeness (QED) is 0.814. The van der Waals surface area contributed by atoms with Gasteiger partial charge in [-0.2, -0.15) is 0 Å². The van der Waals surface area contributed by atoms with Gasteiger partial charge in [-0.15, -0.1) is 0 Å². The minimum atomic E-state index is 0.529. The van der Waals surface area contributed by atoms with Gasteiger partial charge in [-0.05, 0) is 37.1 Å². The van der Waals surface area contributed by atoms with Gasteiger partial charge in [0.05, 0.1) is 0 Å². The van der Waals surface area contributed by atoms with Crippen LogP contribution in [0.25, 0.3) is 10.9 Å². The first kappa shape index (κ1) is 10.2. The summed E-state index contributed by atoms with van der Waals surface area (Å²) >= 11 is 0. The molecule has 2 N–H and O–H groups in total. The van der Waals surface area contributed by atoms with E-state index in [-0.39, 0.29) is 0 Å². The van der Waals surface area contributed by atoms with E-state index in [9.17, 15) is 0 Å². The third kappa shape index (κ3) is 1.90. The molecule has 1 aromatic carbocycles. The Kier molecular flexibility index (Phi) is 2.78. The van der Waals surface area contributed by atoms with Gasteiger partial charge in [0.1, 0.15) is 0 Å². The molecule has 80 valence electrons. The van der Waals surface area contributed by atoms with E-state index in [4.69, 9.17) is 5.73 Å². The topological polar surface area (TPSA) is 30.9 Å². The van der Waals surface area contributed by atoms with E-state index in [1.807, 2.05) is 0 Å². The zero-order valence-electron chi connectivity index (χ0n) is 9.40. The van der Waals surface area contributed by atoms with E-state index in [1.54, 1.807) is 0 Å². The third-order valence-electron chi connectivity index (χ3n) is 2.94. The van der Waals surface area contributed by atoms with Crippen LogP contribution in [0.5, 0.6) is 0 Å². The lowest BCUT2D eigenvalue weighted by Crippen LogP contribution is -2.16. The van der Waals surface area contributed by atoms with Gasteiger partial charge in [-0.25, -0.2) is 0 Å². The SMILES string of the molecule is Cc1cccc2c1ccn2CC(C)CN. The molecule has 2 aromatic rings. The van der Waals surface area contributed by atoms with E-state index in [1.165, 1.54) is 16.5 Å². The molecule has 0 aliphatic heterocycles. The highest BCUT2D eigenvalue weighted by atomic mass is 15.0. The van der Waals surface area contributed by atoms with Crippen molar-refractivity contribution in [1.29, 1.82) is 0 Å². The van der Waals surface area contributed by atoms with Crippen LogP contribution in [0.15, 0.2) is 30.5 Å². The molecule has 0 saturated carbocycles. The highest BCUT2D eigenvalue weighted by Crippen LogP contribution is 2.20. The van der Waals surface area contributed by atoms with E-state index < -0.39 is 0 Å². The Bertz CT molecular complexity index is 457. The Morgan fingerprint density at radius 2 is 2.13 bits per heavy atom. The molecule has 2 nitrogen and oxygen atoms in total. The summed E-state index contributed by atoms with van der Waals surface area (Å²) in [4.78, 5) is 0. The molecule has 0 aliphatic rings. The van der Waals surface area contributed by atoms with Crippen LogP contribution in [0.1, 0.15) is 12.5 Å². The van der Waals surface area contributed by atoms with Crippen LogP contribution in [0, 0.1) is 12.8 Å². The Balaban J connectivity index is 2.41. The lowest BCUT2D eigenvalue weighted by molar-refractivity contribution is 0.502. The third-order valence-corrected chi connectivity index (χ3v) is 2.94. The fourth-order valence-electron chi connectivity index (χ4n) is 1.95. The van der Waals surface area contributed by atoms with Crippen molar-refractivity contribution in [2.75, 3.05) is 6.54 Å². The molecule has 0 spiro atoms. The molecule has 0 fully saturated rings. The lowest BCUT2D eigenvalue weighted by atomic mass is 10.1. The monoisotopic (exact) mass is 202 g/mol. The first-order valence-electron chi connectivity index (χ1n) is 5.47. The van der Waals surface area contributed by atoms with Crippen molar-refractivity contribution in [3.8, 4) is 0 Å². The maximum absolute atomic E-state index is 5.65. The molecule has 1 heterocycles. The second kappa shape index (κ2) is 4.07. The summed E-state index contributed by atoms with van der Waals surface area (Å²) in [6.07, 6.45) is 2.16. The molecule has 1 aromatic heterocycles. The highest BCUT2D eigenvalue weighted by molar-refractivity contribution is 5.83. The Labute approximate surface area is 90.7 Å². The number of aromatic nitrogens is 1. The van der Waals surface area contributed by atoms with E-state index in [2.05, 4.69) is 48.9 Å². The second-order valence-electron chi connectivity index (χ2n) is 4.32. The number of hydrogen-bond donors (Lipinski definition) is 1. The number of fused-ring (bicyclic) bond motifs is 1. The molecule has 0 saturated heterocycles. The molecular weight excluding hydrogens is 184 g/mol. The fraction of sp³-hybridized carbons (Fsp3) is 0.385. The number of hydrogen-bond acceptors (Lipinski definition) is 1. The van der Waals surface area contributed by atoms with Crippen LogP contribution in [0.2, 0.25) is 0 Å². The number of benzene rings is 1. The summed E-state index contributed by atoms with van der Waals surface area (Å²) in [6, 6.07) is 8.62. The van der Waals surface area contributed by atoms with Crippen LogP contribution < -0.4 is 5.73 Å². The molecule has 0 radical (unpaired) electrons. The maximum atomic E-state index is 5.65. The van der Waals surface area contributed by atoms with Gasteiger partial charge < -0.3 is 10.3 Å². The Morgan fingerprint density at radius 1 is 1.33 bits per heavy atom. The summed E-state index contributed by atoms with van der Waals surface area (Å²) < 4.78 is 2.29. The largest absolute Gasteiger partial charge is 0.347 e. The smallest absolute Gasteiger partial charge is 0.0483 e. The number of nitrogens with zero attached hydrogens (tertiary/aromatic N) is 1. The minimum Gasteiger partial charge on any atom is -0.347 e. The van der Waals surface area contributed by atoms with E-state index in [0.717, 1.165) is 13.1 Å². The molecular formula is C13H18N2. The van der Waals surface area contributed by atoms with Crippen LogP contribution in [0.3, 0.4) is 0 Å². The van der Waals surface area contributed by atoms with Gasteiger partial charge in [0, 0.05) is 23.6 Å². The van der Waals surface area contributed by atoms with Gasteiger partial charge in [0.15, 0.2) is 0 Å². The summed E-state index contributed by atoms with van der Waals surface area (Å²) in [5.74, 6) is 0.529. The molecule has 0 amide bonds. The molecule has 2 heteroatoms. The molecule has 1 atom stereocenters. The van der Waals surface area contributed by atoms with E-state index >= 15 is 0 Å². The standard InChI is InChI=1S/C13H18N2/c1-10(8-14)9-15-7-6-12-11(2)4-3-5-13(12)15/h3-7,10H,8-9,14H2,1-2H3. The van der Waals surface area contributed by atoms with Crippen molar-refractivity contribution in [2.24, 2.45) is 11.7 Å². The number of aryl methyl sites for hydroxylation is 1. The maximum Gasteiger partial charge on any atom is 0.0483 e. The average molecular weight is 202 g/mol. The number of rotatable bonds is 3. The fourth-order valence-corrected chi connectivity index (χ4v) is 1.95. The predicted octanol–water partition coefficient (Wildman–Crippen LogP) is 2.54. The molecule has 1 unspecified atom stereocenters. The zero-order chi connectivity index (χ0) is 10.8. The molecule has 2 rings (SSSR count). The van der Waals surface area contributed by atoms with Gasteiger partial charge in [-0.1, -0.05) is 19.1 Å². The summed E-state index contributed by atoms with van der Waals surface area (Å²) in [7, 11) is 0. The van der Waals surface area contributed by atoms with Gasteiger partial charge in [0.2, 0.25) is 0 Å². The second-order valence-corrected chi connectivity index (χ2v) is 4.32. The van der Waals surface area contributed by atoms with Crippen LogP contribution in [0.4, 0.5) is 0 Å². The minimum absolute atomic E-state index is 0.529. The average Bonchev–Trinajstić information content (AvgIpc) is 2.63. The van der Waals surface area contributed by atoms with Crippen molar-refractivity contribution in [3.05, 3.63) is 36.0 Å². The summed E-state index contributed by atoms with van der Waals surface area (Å²) in [5.41, 5.74) is 8.30. The number of nitrogens with two attached hydrogens (primary N) is 1. The van der Waals surface area contributed by atoms with Gasteiger partial charge >= 0.3 is 0 Å². The molecule has 0 aliphatic carbocycles. The van der Waals surface area contributed by atoms with E-state index in [0.29, 0.717) is 5.92 Å². The van der Waals surface area contributed by atoms with Crippen molar-refractivity contribution in [1.82, 2.24) is 4.57 Å². The normalized spacial score (nSPS) is 13.3. The van der Waals surface area contributed by atoms with Crippen molar-refractivity contribution >= 4 is 10.9 Å². The zero-order valence-corrected chi connectivity index (χ0v) is 9.40. The van der Waals surface area contributed by atoms with Crippen LogP contribution >= 0.6 is 0 Å². The Hall–Kier alpha value is -1.28. The molecule has 15 heavy (non-hydrogen) atoms. The first-order chi connectivity index (χ1) is 7.22. The van der Waals surface area contributed by atoms with Gasteiger partial charge in [0.25, 0.3) is 0 Å². The lowest BCUT2D eigenvalue weighted by Gasteiger charge is -2.11.